The molecule has 0 saturated heterocycles. The average molecular weight is 113 g/mol. The summed E-state index contributed by atoms with van der Waals surface area (Å²) in [6, 6.07) is -0.535. The summed E-state index contributed by atoms with van der Waals surface area (Å²) in [7, 11) is 0. The Labute approximate surface area is 48.6 Å². The van der Waals surface area contributed by atoms with Crippen molar-refractivity contribution >= 4 is 6.03 Å². The van der Waals surface area contributed by atoms with Gasteiger partial charge in [0, 0.05) is 0 Å². The van der Waals surface area contributed by atoms with Crippen LogP contribution < -0.4 is 11.1 Å². The van der Waals surface area contributed by atoms with Crippen molar-refractivity contribution in [2.45, 2.75) is 6.42 Å². The van der Waals surface area contributed by atoms with Gasteiger partial charge in [0.2, 0.25) is 0 Å². The first kappa shape index (κ1) is 7.01. The molecule has 0 aromatic rings. The van der Waals surface area contributed by atoms with Gasteiger partial charge in [0.25, 0.3) is 0 Å². The van der Waals surface area contributed by atoms with Gasteiger partial charge in [-0.25, -0.2) is 4.79 Å². The second-order valence-corrected chi connectivity index (χ2v) is 1.24. The van der Waals surface area contributed by atoms with Crippen LogP contribution >= 0.6 is 0 Å². The van der Waals surface area contributed by atoms with Gasteiger partial charge in [-0.2, -0.15) is 0 Å². The first-order valence-electron chi connectivity index (χ1n) is 2.26. The lowest BCUT2D eigenvalue weighted by molar-refractivity contribution is 0.251. The highest BCUT2D eigenvalue weighted by Gasteiger charge is 1.85. The zero-order chi connectivity index (χ0) is 6.41. The second-order valence-electron chi connectivity index (χ2n) is 1.24. The molecular formula is C5H9N2O. The summed E-state index contributed by atoms with van der Waals surface area (Å²) in [6.45, 7) is 4.97. The molecule has 0 aromatic heterocycles. The lowest BCUT2D eigenvalue weighted by Gasteiger charge is -1.93. The van der Waals surface area contributed by atoms with Crippen LogP contribution in [0.5, 0.6) is 0 Å². The smallest absolute Gasteiger partial charge is 0.312 e. The zero-order valence-electron chi connectivity index (χ0n) is 4.55. The van der Waals surface area contributed by atoms with E-state index in [2.05, 4.69) is 11.9 Å². The number of hydrogen-bond donors (Lipinski definition) is 2. The number of nitrogens with two attached hydrogens (primary N) is 1. The van der Waals surface area contributed by atoms with Gasteiger partial charge in [0.05, 0.1) is 6.54 Å². The number of amides is 2. The lowest BCUT2D eigenvalue weighted by Crippen LogP contribution is -2.26. The summed E-state index contributed by atoms with van der Waals surface area (Å²) in [5.41, 5.74) is 4.72. The third kappa shape index (κ3) is 5.01. The highest BCUT2D eigenvalue weighted by Crippen LogP contribution is 1.79. The van der Waals surface area contributed by atoms with Crippen LogP contribution in [0.2, 0.25) is 0 Å². The Bertz CT molecular complexity index is 90.4. The first-order chi connectivity index (χ1) is 3.77. The van der Waals surface area contributed by atoms with E-state index in [4.69, 9.17) is 5.73 Å². The van der Waals surface area contributed by atoms with Gasteiger partial charge in [-0.05, 0) is 6.42 Å². The fraction of sp³-hybridized carbons (Fsp3) is 0.200. The molecule has 2 amide bonds. The van der Waals surface area contributed by atoms with Crippen molar-refractivity contribution in [1.29, 1.82) is 0 Å². The number of rotatable bonds is 3. The van der Waals surface area contributed by atoms with Gasteiger partial charge in [0.1, 0.15) is 0 Å². The molecule has 0 aliphatic rings. The maximum Gasteiger partial charge on any atom is 0.312 e. The molecule has 0 bridgehead atoms. The normalized spacial score (nSPS) is 8.00. The molecule has 1 radical (unpaired) electrons. The number of hydrogen-bond acceptors (Lipinski definition) is 1. The van der Waals surface area contributed by atoms with E-state index in [0.29, 0.717) is 6.42 Å². The molecule has 3 nitrogen and oxygen atoms in total. The molecule has 8 heavy (non-hydrogen) atoms. The van der Waals surface area contributed by atoms with Crippen LogP contribution in [0.25, 0.3) is 0 Å². The summed E-state index contributed by atoms with van der Waals surface area (Å²) in [6.07, 6.45) is 2.30. The maximum absolute atomic E-state index is 9.92. The summed E-state index contributed by atoms with van der Waals surface area (Å²) >= 11 is 0. The van der Waals surface area contributed by atoms with Gasteiger partial charge < -0.3 is 11.1 Å². The molecule has 0 unspecified atom stereocenters. The summed E-state index contributed by atoms with van der Waals surface area (Å²) in [5.74, 6) is 0. The first-order valence-corrected chi connectivity index (χ1v) is 2.26. The lowest BCUT2D eigenvalue weighted by atomic mass is 10.4. The van der Waals surface area contributed by atoms with Crippen molar-refractivity contribution in [3.63, 3.8) is 0 Å². The minimum atomic E-state index is -0.535. The molecule has 0 atom stereocenters. The van der Waals surface area contributed by atoms with E-state index >= 15 is 0 Å². The Hall–Kier alpha value is -0.990. The molecule has 0 heterocycles. The molecule has 0 aliphatic heterocycles. The van der Waals surface area contributed by atoms with Crippen LogP contribution in [-0.2, 0) is 0 Å². The van der Waals surface area contributed by atoms with Crippen molar-refractivity contribution in [3.8, 4) is 0 Å². The van der Waals surface area contributed by atoms with Gasteiger partial charge in [-0.3, -0.25) is 0 Å². The molecule has 0 saturated carbocycles. The van der Waals surface area contributed by atoms with E-state index in [0.717, 1.165) is 0 Å². The van der Waals surface area contributed by atoms with Crippen LogP contribution in [-0.4, -0.2) is 6.03 Å². The third-order valence-corrected chi connectivity index (χ3v) is 0.529. The number of urea groups is 1. The Morgan fingerprint density at radius 2 is 2.50 bits per heavy atom. The fourth-order valence-corrected chi connectivity index (χ4v) is 0.243. The summed E-state index contributed by atoms with van der Waals surface area (Å²) < 4.78 is 0. The number of nitrogens with one attached hydrogen (secondary N) is 1. The van der Waals surface area contributed by atoms with Crippen molar-refractivity contribution in [2.75, 3.05) is 0 Å². The Morgan fingerprint density at radius 3 is 2.88 bits per heavy atom. The van der Waals surface area contributed by atoms with E-state index in [-0.39, 0.29) is 0 Å². The standard InChI is InChI=1S/C5H9N2O/c1-2-3-4-7-5(6)8/h2,4H,1,3H2,(H3,6,7,8). The number of carbonyl (C=O) groups excluding carboxylic acids is 1. The SMILES string of the molecule is C=CC[CH]NC(N)=O. The average Bonchev–Trinajstić information content (AvgIpc) is 1.66. The van der Waals surface area contributed by atoms with Crippen LogP contribution in [0.4, 0.5) is 4.79 Å². The van der Waals surface area contributed by atoms with Gasteiger partial charge >= 0.3 is 6.03 Å². The number of carbonyl (C=O) groups is 1. The van der Waals surface area contributed by atoms with Crippen LogP contribution in [0, 0.1) is 6.54 Å². The largest absolute Gasteiger partial charge is 0.352 e. The predicted molar refractivity (Wildman–Crippen MR) is 31.8 cm³/mol. The molecule has 45 valence electrons. The minimum absolute atomic E-state index is 0.535. The minimum Gasteiger partial charge on any atom is -0.352 e. The highest BCUT2D eigenvalue weighted by molar-refractivity contribution is 5.72. The zero-order valence-corrected chi connectivity index (χ0v) is 4.55. The molecule has 0 spiro atoms. The molecule has 3 N–H and O–H groups in total. The Kier molecular flexibility index (Phi) is 3.66. The van der Waals surface area contributed by atoms with Gasteiger partial charge in [0.15, 0.2) is 0 Å². The third-order valence-electron chi connectivity index (χ3n) is 0.529. The molecule has 3 heteroatoms. The van der Waals surface area contributed by atoms with Gasteiger partial charge in [-0.1, -0.05) is 6.08 Å². The van der Waals surface area contributed by atoms with Crippen molar-refractivity contribution in [2.24, 2.45) is 5.73 Å². The van der Waals surface area contributed by atoms with E-state index in [1.165, 1.54) is 6.54 Å². The quantitative estimate of drug-likeness (QED) is 0.403. The molecule has 0 fully saturated rings. The van der Waals surface area contributed by atoms with E-state index in [9.17, 15) is 4.79 Å². The molecular weight excluding hydrogens is 104 g/mol. The predicted octanol–water partition coefficient (Wildman–Crippen LogP) is 0.393. The van der Waals surface area contributed by atoms with Crippen molar-refractivity contribution in [3.05, 3.63) is 19.2 Å². The number of primary amides is 1. The molecule has 0 rings (SSSR count). The van der Waals surface area contributed by atoms with Crippen LogP contribution in [0.3, 0.4) is 0 Å². The van der Waals surface area contributed by atoms with E-state index in [1.54, 1.807) is 6.08 Å². The van der Waals surface area contributed by atoms with E-state index < -0.39 is 6.03 Å². The summed E-state index contributed by atoms with van der Waals surface area (Å²) in [4.78, 5) is 9.92. The monoisotopic (exact) mass is 113 g/mol. The van der Waals surface area contributed by atoms with Gasteiger partial charge in [-0.15, -0.1) is 6.58 Å². The Balaban J connectivity index is 2.93. The highest BCUT2D eigenvalue weighted by atomic mass is 16.2. The topological polar surface area (TPSA) is 55.1 Å². The van der Waals surface area contributed by atoms with E-state index in [1.807, 2.05) is 0 Å². The second kappa shape index (κ2) is 4.18. The van der Waals surface area contributed by atoms with Crippen molar-refractivity contribution in [1.82, 2.24) is 5.32 Å². The summed E-state index contributed by atoms with van der Waals surface area (Å²) in [5, 5.41) is 2.29. The fourth-order valence-electron chi connectivity index (χ4n) is 0.243. The van der Waals surface area contributed by atoms with Crippen LogP contribution in [0.1, 0.15) is 6.42 Å². The Morgan fingerprint density at radius 1 is 1.88 bits per heavy atom. The maximum atomic E-state index is 9.92. The molecule has 0 aromatic carbocycles. The molecule has 0 aliphatic carbocycles. The van der Waals surface area contributed by atoms with Crippen LogP contribution in [0.15, 0.2) is 12.7 Å². The van der Waals surface area contributed by atoms with Crippen molar-refractivity contribution < 1.29 is 4.79 Å².